The summed E-state index contributed by atoms with van der Waals surface area (Å²) in [6.45, 7) is 3.53. The fraction of sp³-hybridized carbons (Fsp3) is 1.00. The molecule has 3 atom stereocenters. The predicted octanol–water partition coefficient (Wildman–Crippen LogP) is 0.864. The molecule has 0 saturated heterocycles. The van der Waals surface area contributed by atoms with Crippen LogP contribution in [0.5, 0.6) is 0 Å². The van der Waals surface area contributed by atoms with Crippen molar-refractivity contribution in [2.75, 3.05) is 13.2 Å². The quantitative estimate of drug-likeness (QED) is 0.596. The molecule has 0 amide bonds. The van der Waals surface area contributed by atoms with Crippen LogP contribution in [0.1, 0.15) is 39.0 Å². The van der Waals surface area contributed by atoms with Gasteiger partial charge < -0.3 is 16.2 Å². The molecule has 0 spiro atoms. The molecule has 0 aliphatic heterocycles. The molecule has 0 heterocycles. The number of nitrogens with one attached hydrogen (secondary N) is 1. The summed E-state index contributed by atoms with van der Waals surface area (Å²) in [6.07, 6.45) is 5.56. The van der Waals surface area contributed by atoms with Crippen LogP contribution in [-0.2, 0) is 0 Å². The van der Waals surface area contributed by atoms with Crippen molar-refractivity contribution in [1.82, 2.24) is 5.32 Å². The van der Waals surface area contributed by atoms with Crippen molar-refractivity contribution in [3.63, 3.8) is 0 Å². The van der Waals surface area contributed by atoms with Gasteiger partial charge in [-0.15, -0.1) is 0 Å². The van der Waals surface area contributed by atoms with Crippen molar-refractivity contribution in [1.29, 1.82) is 0 Å². The normalized spacial score (nSPS) is 29.4. The number of hydrogen-bond donors (Lipinski definition) is 3. The number of aliphatic hydroxyl groups excluding tert-OH is 1. The first-order valence-corrected chi connectivity index (χ1v) is 5.86. The van der Waals surface area contributed by atoms with Gasteiger partial charge in [-0.25, -0.2) is 0 Å². The van der Waals surface area contributed by atoms with Gasteiger partial charge in [-0.05, 0) is 38.1 Å². The van der Waals surface area contributed by atoms with Crippen molar-refractivity contribution in [3.8, 4) is 0 Å². The van der Waals surface area contributed by atoms with Crippen LogP contribution in [-0.4, -0.2) is 30.3 Å². The van der Waals surface area contributed by atoms with Crippen molar-refractivity contribution in [2.24, 2.45) is 11.7 Å². The van der Waals surface area contributed by atoms with E-state index in [4.69, 9.17) is 10.8 Å². The lowest BCUT2D eigenvalue weighted by Crippen LogP contribution is -2.32. The standard InChI is InChI=1S/C11H24N2O/c1-2-9(5-6-14)8-13-11-4-3-10(12)7-11/h9-11,13-14H,2-8,12H2,1H3. The largest absolute Gasteiger partial charge is 0.396 e. The predicted molar refractivity (Wildman–Crippen MR) is 59.1 cm³/mol. The Labute approximate surface area is 87.1 Å². The van der Waals surface area contributed by atoms with E-state index in [1.807, 2.05) is 0 Å². The minimum atomic E-state index is 0.310. The zero-order valence-electron chi connectivity index (χ0n) is 9.21. The summed E-state index contributed by atoms with van der Waals surface area (Å²) in [7, 11) is 0. The van der Waals surface area contributed by atoms with Gasteiger partial charge in [-0.3, -0.25) is 0 Å². The van der Waals surface area contributed by atoms with Crippen LogP contribution in [0.15, 0.2) is 0 Å². The molecule has 0 aromatic heterocycles. The zero-order valence-corrected chi connectivity index (χ0v) is 9.21. The number of nitrogens with two attached hydrogens (primary N) is 1. The lowest BCUT2D eigenvalue weighted by atomic mass is 10.0. The fourth-order valence-electron chi connectivity index (χ4n) is 2.17. The topological polar surface area (TPSA) is 58.3 Å². The minimum Gasteiger partial charge on any atom is -0.396 e. The van der Waals surface area contributed by atoms with Gasteiger partial charge in [-0.2, -0.15) is 0 Å². The van der Waals surface area contributed by atoms with E-state index < -0.39 is 0 Å². The van der Waals surface area contributed by atoms with E-state index >= 15 is 0 Å². The van der Waals surface area contributed by atoms with Crippen LogP contribution in [0.2, 0.25) is 0 Å². The Hall–Kier alpha value is -0.120. The average Bonchev–Trinajstić information content (AvgIpc) is 2.59. The fourth-order valence-corrected chi connectivity index (χ4v) is 2.17. The maximum Gasteiger partial charge on any atom is 0.0434 e. The third-order valence-electron chi connectivity index (χ3n) is 3.28. The van der Waals surface area contributed by atoms with E-state index in [-0.39, 0.29) is 0 Å². The summed E-state index contributed by atoms with van der Waals surface area (Å²) in [5.41, 5.74) is 5.84. The Morgan fingerprint density at radius 2 is 2.29 bits per heavy atom. The van der Waals surface area contributed by atoms with Gasteiger partial charge in [0, 0.05) is 18.7 Å². The molecule has 0 radical (unpaired) electrons. The van der Waals surface area contributed by atoms with Crippen molar-refractivity contribution in [2.45, 2.75) is 51.1 Å². The van der Waals surface area contributed by atoms with Gasteiger partial charge in [0.2, 0.25) is 0 Å². The Kier molecular flexibility index (Phi) is 5.45. The summed E-state index contributed by atoms with van der Waals surface area (Å²) < 4.78 is 0. The van der Waals surface area contributed by atoms with Gasteiger partial charge in [0.05, 0.1) is 0 Å². The monoisotopic (exact) mass is 200 g/mol. The molecule has 84 valence electrons. The SMILES string of the molecule is CCC(CCO)CNC1CCC(N)C1. The summed E-state index contributed by atoms with van der Waals surface area (Å²) in [5.74, 6) is 0.622. The smallest absolute Gasteiger partial charge is 0.0434 e. The highest BCUT2D eigenvalue weighted by Crippen LogP contribution is 2.17. The van der Waals surface area contributed by atoms with E-state index in [0.717, 1.165) is 32.2 Å². The van der Waals surface area contributed by atoms with Crippen LogP contribution >= 0.6 is 0 Å². The summed E-state index contributed by atoms with van der Waals surface area (Å²) in [5, 5.41) is 12.4. The highest BCUT2D eigenvalue weighted by molar-refractivity contribution is 4.83. The number of rotatable bonds is 6. The van der Waals surface area contributed by atoms with Crippen LogP contribution in [0.3, 0.4) is 0 Å². The maximum absolute atomic E-state index is 8.85. The molecule has 14 heavy (non-hydrogen) atoms. The van der Waals surface area contributed by atoms with Gasteiger partial charge >= 0.3 is 0 Å². The van der Waals surface area contributed by atoms with Gasteiger partial charge in [-0.1, -0.05) is 13.3 Å². The minimum absolute atomic E-state index is 0.310. The molecule has 3 unspecified atom stereocenters. The van der Waals surface area contributed by atoms with Crippen LogP contribution < -0.4 is 11.1 Å². The Morgan fingerprint density at radius 3 is 2.79 bits per heavy atom. The first kappa shape index (κ1) is 12.0. The van der Waals surface area contributed by atoms with Gasteiger partial charge in [0.25, 0.3) is 0 Å². The first-order chi connectivity index (χ1) is 6.76. The summed E-state index contributed by atoms with van der Waals surface area (Å²) >= 11 is 0. The molecule has 1 saturated carbocycles. The highest BCUT2D eigenvalue weighted by Gasteiger charge is 2.21. The Balaban J connectivity index is 2.12. The summed E-state index contributed by atoms with van der Waals surface area (Å²) in [6, 6.07) is 1.03. The third kappa shape index (κ3) is 3.95. The molecular formula is C11H24N2O. The van der Waals surface area contributed by atoms with E-state index in [1.54, 1.807) is 0 Å². The lowest BCUT2D eigenvalue weighted by Gasteiger charge is -2.18. The molecular weight excluding hydrogens is 176 g/mol. The Morgan fingerprint density at radius 1 is 1.50 bits per heavy atom. The first-order valence-electron chi connectivity index (χ1n) is 5.86. The molecule has 1 aliphatic rings. The van der Waals surface area contributed by atoms with E-state index in [0.29, 0.717) is 24.6 Å². The second-order valence-corrected chi connectivity index (χ2v) is 4.46. The molecule has 0 aromatic carbocycles. The van der Waals surface area contributed by atoms with Crippen LogP contribution in [0.25, 0.3) is 0 Å². The maximum atomic E-state index is 8.85. The second-order valence-electron chi connectivity index (χ2n) is 4.46. The van der Waals surface area contributed by atoms with Crippen molar-refractivity contribution < 1.29 is 5.11 Å². The Bertz CT molecular complexity index is 148. The van der Waals surface area contributed by atoms with Gasteiger partial charge in [0.15, 0.2) is 0 Å². The van der Waals surface area contributed by atoms with E-state index in [1.165, 1.54) is 6.42 Å². The van der Waals surface area contributed by atoms with Crippen molar-refractivity contribution in [3.05, 3.63) is 0 Å². The van der Waals surface area contributed by atoms with E-state index in [2.05, 4.69) is 12.2 Å². The highest BCUT2D eigenvalue weighted by atomic mass is 16.3. The molecule has 3 heteroatoms. The molecule has 1 fully saturated rings. The van der Waals surface area contributed by atoms with E-state index in [9.17, 15) is 0 Å². The molecule has 1 aliphatic carbocycles. The molecule has 0 bridgehead atoms. The molecule has 1 rings (SSSR count). The average molecular weight is 200 g/mol. The molecule has 4 N–H and O–H groups in total. The number of hydrogen-bond acceptors (Lipinski definition) is 3. The second kappa shape index (κ2) is 6.38. The van der Waals surface area contributed by atoms with Crippen LogP contribution in [0.4, 0.5) is 0 Å². The molecule has 0 aromatic rings. The summed E-state index contributed by atoms with van der Waals surface area (Å²) in [4.78, 5) is 0. The lowest BCUT2D eigenvalue weighted by molar-refractivity contribution is 0.248. The number of aliphatic hydroxyl groups is 1. The van der Waals surface area contributed by atoms with Gasteiger partial charge in [0.1, 0.15) is 0 Å². The van der Waals surface area contributed by atoms with Crippen LogP contribution in [0, 0.1) is 5.92 Å². The van der Waals surface area contributed by atoms with Crippen molar-refractivity contribution >= 4 is 0 Å². The molecule has 3 nitrogen and oxygen atoms in total. The third-order valence-corrected chi connectivity index (χ3v) is 3.28. The zero-order chi connectivity index (χ0) is 10.4.